The van der Waals surface area contributed by atoms with Crippen molar-refractivity contribution in [2.45, 2.75) is 36.6 Å². The third-order valence-corrected chi connectivity index (χ3v) is 6.51. The molecule has 1 amide bonds. The molecule has 2 aliphatic carbocycles. The zero-order valence-electron chi connectivity index (χ0n) is 14.9. The number of amides is 1. The smallest absolute Gasteiger partial charge is 0.251 e. The molecular weight excluding hydrogens is 342 g/mol. The molecule has 3 nitrogen and oxygen atoms in total. The first-order chi connectivity index (χ1) is 12.8. The largest absolute Gasteiger partial charge is 0.493 e. The molecule has 2 aliphatic rings. The van der Waals surface area contributed by atoms with Crippen LogP contribution in [0.25, 0.3) is 0 Å². The minimum Gasteiger partial charge on any atom is -0.493 e. The van der Waals surface area contributed by atoms with Gasteiger partial charge in [-0.15, -0.1) is 11.8 Å². The Balaban J connectivity index is 1.22. The minimum absolute atomic E-state index is 0.0498. The van der Waals surface area contributed by atoms with Crippen LogP contribution in [-0.4, -0.2) is 24.3 Å². The van der Waals surface area contributed by atoms with Crippen molar-refractivity contribution >= 4 is 17.7 Å². The Labute approximate surface area is 159 Å². The van der Waals surface area contributed by atoms with Crippen LogP contribution in [0.4, 0.5) is 0 Å². The summed E-state index contributed by atoms with van der Waals surface area (Å²) in [4.78, 5) is 13.7. The van der Waals surface area contributed by atoms with Crippen LogP contribution in [0.3, 0.4) is 0 Å². The molecule has 1 N–H and O–H groups in total. The Hall–Kier alpha value is -1.94. The summed E-state index contributed by atoms with van der Waals surface area (Å²) in [5.41, 5.74) is 0.721. The van der Waals surface area contributed by atoms with Gasteiger partial charge >= 0.3 is 0 Å². The van der Waals surface area contributed by atoms with Gasteiger partial charge in [0.25, 0.3) is 5.91 Å². The first-order valence-electron chi connectivity index (χ1n) is 9.49. The maximum Gasteiger partial charge on any atom is 0.251 e. The second kappa shape index (κ2) is 8.17. The number of hydrogen-bond donors (Lipinski definition) is 1. The Kier molecular flexibility index (Phi) is 5.49. The highest BCUT2D eigenvalue weighted by molar-refractivity contribution is 7.99. The summed E-state index contributed by atoms with van der Waals surface area (Å²) in [5.74, 6) is 3.31. The number of nitrogens with one attached hydrogen (secondary N) is 1. The standard InChI is InChI=1S/C22H25NO2S/c24-22(23-21-15-16-6-7-18(21)14-16)17-8-10-19(11-9-17)25-12-13-26-20-4-2-1-3-5-20/h1-5,8-11,16,18,21H,6-7,12-15H2,(H,23,24)/t16-,18-,21+/m1/s1. The van der Waals surface area contributed by atoms with Crippen LogP contribution in [-0.2, 0) is 0 Å². The van der Waals surface area contributed by atoms with Gasteiger partial charge in [-0.25, -0.2) is 0 Å². The number of thioether (sulfide) groups is 1. The van der Waals surface area contributed by atoms with Crippen molar-refractivity contribution in [1.82, 2.24) is 5.32 Å². The molecule has 0 saturated heterocycles. The lowest BCUT2D eigenvalue weighted by atomic mass is 9.95. The normalized spacial score (nSPS) is 23.8. The minimum atomic E-state index is 0.0498. The summed E-state index contributed by atoms with van der Waals surface area (Å²) in [6.07, 6.45) is 5.10. The maximum absolute atomic E-state index is 12.5. The van der Waals surface area contributed by atoms with E-state index in [9.17, 15) is 4.79 Å². The lowest BCUT2D eigenvalue weighted by Gasteiger charge is -2.22. The van der Waals surface area contributed by atoms with Crippen molar-refractivity contribution in [3.05, 3.63) is 60.2 Å². The van der Waals surface area contributed by atoms with Crippen molar-refractivity contribution < 1.29 is 9.53 Å². The van der Waals surface area contributed by atoms with Gasteiger partial charge in [0, 0.05) is 22.3 Å². The average Bonchev–Trinajstić information content (AvgIpc) is 3.30. The molecule has 2 aromatic rings. The van der Waals surface area contributed by atoms with Gasteiger partial charge in [-0.05, 0) is 67.5 Å². The Morgan fingerprint density at radius 1 is 1.04 bits per heavy atom. The SMILES string of the molecule is O=C(N[C@H]1C[C@@H]2CC[C@@H]1C2)c1ccc(OCCSc2ccccc2)cc1. The average molecular weight is 368 g/mol. The van der Waals surface area contributed by atoms with Crippen LogP contribution in [0.1, 0.15) is 36.0 Å². The molecule has 0 heterocycles. The first kappa shape index (κ1) is 17.5. The van der Waals surface area contributed by atoms with Crippen molar-refractivity contribution in [1.29, 1.82) is 0 Å². The fourth-order valence-corrected chi connectivity index (χ4v) is 4.96. The summed E-state index contributed by atoms with van der Waals surface area (Å²) in [6.45, 7) is 0.649. The van der Waals surface area contributed by atoms with Gasteiger partial charge in [0.05, 0.1) is 6.61 Å². The third kappa shape index (κ3) is 4.24. The number of carbonyl (C=O) groups is 1. The van der Waals surface area contributed by atoms with Gasteiger partial charge < -0.3 is 10.1 Å². The van der Waals surface area contributed by atoms with E-state index in [-0.39, 0.29) is 5.91 Å². The molecular formula is C22H25NO2S. The molecule has 0 aromatic heterocycles. The summed E-state index contributed by atoms with van der Waals surface area (Å²) in [7, 11) is 0. The molecule has 0 unspecified atom stereocenters. The molecule has 2 aromatic carbocycles. The van der Waals surface area contributed by atoms with E-state index in [4.69, 9.17) is 4.74 Å². The predicted molar refractivity (Wildman–Crippen MR) is 106 cm³/mol. The van der Waals surface area contributed by atoms with Crippen molar-refractivity contribution in [2.75, 3.05) is 12.4 Å². The summed E-state index contributed by atoms with van der Waals surface area (Å²) in [5, 5.41) is 3.23. The molecule has 3 atom stereocenters. The number of ether oxygens (including phenoxy) is 1. The van der Waals surface area contributed by atoms with Gasteiger partial charge in [0.1, 0.15) is 5.75 Å². The summed E-state index contributed by atoms with van der Waals surface area (Å²) in [6, 6.07) is 18.2. The summed E-state index contributed by atoms with van der Waals surface area (Å²) >= 11 is 1.78. The highest BCUT2D eigenvalue weighted by atomic mass is 32.2. The van der Waals surface area contributed by atoms with E-state index in [1.54, 1.807) is 11.8 Å². The number of rotatable bonds is 7. The number of fused-ring (bicyclic) bond motifs is 2. The molecule has 2 fully saturated rings. The second-order valence-electron chi connectivity index (χ2n) is 7.29. The van der Waals surface area contributed by atoms with Crippen molar-refractivity contribution in [3.8, 4) is 5.75 Å². The lowest BCUT2D eigenvalue weighted by molar-refractivity contribution is 0.0923. The topological polar surface area (TPSA) is 38.3 Å². The molecule has 2 saturated carbocycles. The number of carbonyl (C=O) groups excluding carboxylic acids is 1. The Bertz CT molecular complexity index is 732. The monoisotopic (exact) mass is 367 g/mol. The van der Waals surface area contributed by atoms with Crippen LogP contribution < -0.4 is 10.1 Å². The van der Waals surface area contributed by atoms with E-state index in [0.717, 1.165) is 29.4 Å². The second-order valence-corrected chi connectivity index (χ2v) is 8.46. The molecule has 4 rings (SSSR count). The van der Waals surface area contributed by atoms with Crippen molar-refractivity contribution in [2.24, 2.45) is 11.8 Å². The van der Waals surface area contributed by atoms with Crippen LogP contribution in [0, 0.1) is 11.8 Å². The zero-order valence-corrected chi connectivity index (χ0v) is 15.7. The van der Waals surface area contributed by atoms with Gasteiger partial charge in [0.2, 0.25) is 0 Å². The van der Waals surface area contributed by atoms with Crippen LogP contribution >= 0.6 is 11.8 Å². The lowest BCUT2D eigenvalue weighted by Crippen LogP contribution is -2.38. The van der Waals surface area contributed by atoms with Gasteiger partial charge in [-0.2, -0.15) is 0 Å². The highest BCUT2D eigenvalue weighted by Crippen LogP contribution is 2.44. The third-order valence-electron chi connectivity index (χ3n) is 5.54. The van der Waals surface area contributed by atoms with E-state index in [1.807, 2.05) is 42.5 Å². The predicted octanol–water partition coefficient (Wildman–Crippen LogP) is 4.78. The van der Waals surface area contributed by atoms with E-state index in [2.05, 4.69) is 17.4 Å². The Morgan fingerprint density at radius 2 is 1.85 bits per heavy atom. The van der Waals surface area contributed by atoms with Crippen LogP contribution in [0.5, 0.6) is 5.75 Å². The van der Waals surface area contributed by atoms with Gasteiger partial charge in [-0.1, -0.05) is 24.6 Å². The van der Waals surface area contributed by atoms with Crippen LogP contribution in [0.2, 0.25) is 0 Å². The fourth-order valence-electron chi connectivity index (χ4n) is 4.21. The van der Waals surface area contributed by atoms with Crippen LogP contribution in [0.15, 0.2) is 59.5 Å². The quantitative estimate of drug-likeness (QED) is 0.565. The summed E-state index contributed by atoms with van der Waals surface area (Å²) < 4.78 is 5.78. The van der Waals surface area contributed by atoms with E-state index >= 15 is 0 Å². The highest BCUT2D eigenvalue weighted by Gasteiger charge is 2.40. The molecule has 4 heteroatoms. The molecule has 2 bridgehead atoms. The molecule has 26 heavy (non-hydrogen) atoms. The Morgan fingerprint density at radius 3 is 2.54 bits per heavy atom. The molecule has 0 radical (unpaired) electrons. The van der Waals surface area contributed by atoms with Gasteiger partial charge in [-0.3, -0.25) is 4.79 Å². The van der Waals surface area contributed by atoms with E-state index in [0.29, 0.717) is 18.6 Å². The van der Waals surface area contributed by atoms with E-state index in [1.165, 1.54) is 24.2 Å². The molecule has 0 aliphatic heterocycles. The first-order valence-corrected chi connectivity index (χ1v) is 10.5. The van der Waals surface area contributed by atoms with Crippen molar-refractivity contribution in [3.63, 3.8) is 0 Å². The number of hydrogen-bond acceptors (Lipinski definition) is 3. The van der Waals surface area contributed by atoms with E-state index < -0.39 is 0 Å². The zero-order chi connectivity index (χ0) is 17.8. The maximum atomic E-state index is 12.5. The fraction of sp³-hybridized carbons (Fsp3) is 0.409. The molecule has 0 spiro atoms. The van der Waals surface area contributed by atoms with Gasteiger partial charge in [0.15, 0.2) is 0 Å². The molecule has 136 valence electrons. The number of benzene rings is 2.